The molecule has 1 amide bonds. The van der Waals surface area contributed by atoms with Crippen LogP contribution in [0.15, 0.2) is 12.1 Å². The van der Waals surface area contributed by atoms with Crippen LogP contribution >= 0.6 is 0 Å². The van der Waals surface area contributed by atoms with E-state index in [0.717, 1.165) is 4.90 Å². The summed E-state index contributed by atoms with van der Waals surface area (Å²) >= 11 is 0. The first-order valence-electron chi connectivity index (χ1n) is 7.24. The lowest BCUT2D eigenvalue weighted by atomic mass is 9.90. The molecule has 1 aromatic rings. The van der Waals surface area contributed by atoms with E-state index < -0.39 is 23.1 Å². The molecule has 1 unspecified atom stereocenters. The van der Waals surface area contributed by atoms with Gasteiger partial charge in [0.2, 0.25) is 0 Å². The number of aldehydes is 1. The molecule has 0 radical (unpaired) electrons. The van der Waals surface area contributed by atoms with E-state index in [9.17, 15) is 14.0 Å². The molecule has 1 rings (SSSR count). The number of amides is 1. The van der Waals surface area contributed by atoms with Gasteiger partial charge in [0.25, 0.3) is 0 Å². The molecule has 0 aromatic heterocycles. The molecule has 0 fully saturated rings. The number of hydrogen-bond donors (Lipinski definition) is 0. The van der Waals surface area contributed by atoms with Crippen molar-refractivity contribution in [3.05, 3.63) is 29.1 Å². The maximum absolute atomic E-state index is 14.5. The van der Waals surface area contributed by atoms with Crippen molar-refractivity contribution >= 4 is 12.4 Å². The molecule has 128 valence electrons. The van der Waals surface area contributed by atoms with Crippen LogP contribution in [0.4, 0.5) is 9.18 Å². The maximum Gasteiger partial charge on any atom is 0.411 e. The largest absolute Gasteiger partial charge is 0.496 e. The Labute approximate surface area is 136 Å². The molecule has 0 aliphatic carbocycles. The molecular weight excluding hydrogens is 301 g/mol. The molecule has 0 saturated carbocycles. The van der Waals surface area contributed by atoms with Gasteiger partial charge in [0.05, 0.1) is 12.7 Å². The highest BCUT2D eigenvalue weighted by atomic mass is 19.1. The van der Waals surface area contributed by atoms with Gasteiger partial charge in [-0.3, -0.25) is 4.90 Å². The lowest BCUT2D eigenvalue weighted by molar-refractivity contribution is -0.117. The minimum atomic E-state index is -1.56. The summed E-state index contributed by atoms with van der Waals surface area (Å²) in [7, 11) is 2.78. The molecule has 0 aliphatic rings. The molecule has 0 aliphatic heterocycles. The van der Waals surface area contributed by atoms with Crippen LogP contribution in [0.25, 0.3) is 0 Å². The summed E-state index contributed by atoms with van der Waals surface area (Å²) in [4.78, 5) is 25.1. The Hall–Kier alpha value is -2.11. The number of rotatable bonds is 4. The van der Waals surface area contributed by atoms with E-state index in [0.29, 0.717) is 11.8 Å². The third-order valence-electron chi connectivity index (χ3n) is 3.52. The van der Waals surface area contributed by atoms with Crippen LogP contribution in [0.3, 0.4) is 0 Å². The summed E-state index contributed by atoms with van der Waals surface area (Å²) < 4.78 is 25.0. The van der Waals surface area contributed by atoms with Gasteiger partial charge in [-0.1, -0.05) is 0 Å². The van der Waals surface area contributed by atoms with Gasteiger partial charge in [0.1, 0.15) is 29.0 Å². The topological polar surface area (TPSA) is 55.8 Å². The second-order valence-corrected chi connectivity index (χ2v) is 6.63. The number of halogens is 1. The quantitative estimate of drug-likeness (QED) is 0.796. The normalized spacial score (nSPS) is 13.9. The number of aryl methyl sites for hydroxylation is 1. The Morgan fingerprint density at radius 1 is 1.26 bits per heavy atom. The van der Waals surface area contributed by atoms with E-state index in [2.05, 4.69) is 0 Å². The highest BCUT2D eigenvalue weighted by Crippen LogP contribution is 2.36. The zero-order valence-corrected chi connectivity index (χ0v) is 14.7. The zero-order valence-electron chi connectivity index (χ0n) is 14.7. The SMILES string of the molecule is COc1cc(C)cc(F)c1C(C)(C=O)N(C)C(=O)OC(C)(C)C. The van der Waals surface area contributed by atoms with Crippen molar-refractivity contribution < 1.29 is 23.5 Å². The number of methoxy groups -OCH3 is 1. The molecule has 0 spiro atoms. The van der Waals surface area contributed by atoms with Gasteiger partial charge >= 0.3 is 6.09 Å². The maximum atomic E-state index is 14.5. The first-order chi connectivity index (χ1) is 10.5. The van der Waals surface area contributed by atoms with Gasteiger partial charge < -0.3 is 14.3 Å². The third-order valence-corrected chi connectivity index (χ3v) is 3.52. The Kier molecular flexibility index (Phi) is 5.40. The molecule has 1 aromatic carbocycles. The lowest BCUT2D eigenvalue weighted by Crippen LogP contribution is -2.48. The van der Waals surface area contributed by atoms with Crippen molar-refractivity contribution in [2.45, 2.75) is 45.8 Å². The molecule has 0 N–H and O–H groups in total. The fourth-order valence-electron chi connectivity index (χ4n) is 2.19. The molecule has 5 nitrogen and oxygen atoms in total. The number of hydrogen-bond acceptors (Lipinski definition) is 4. The van der Waals surface area contributed by atoms with Crippen molar-refractivity contribution in [3.8, 4) is 5.75 Å². The fourth-order valence-corrected chi connectivity index (χ4v) is 2.19. The number of likely N-dealkylation sites (N-methyl/N-ethyl adjacent to an activating group) is 1. The third kappa shape index (κ3) is 4.00. The first-order valence-corrected chi connectivity index (χ1v) is 7.24. The molecule has 23 heavy (non-hydrogen) atoms. The van der Waals surface area contributed by atoms with Gasteiger partial charge in [0.15, 0.2) is 0 Å². The second kappa shape index (κ2) is 6.56. The van der Waals surface area contributed by atoms with Gasteiger partial charge in [-0.05, 0) is 52.3 Å². The number of ether oxygens (including phenoxy) is 2. The average molecular weight is 325 g/mol. The molecule has 0 heterocycles. The van der Waals surface area contributed by atoms with Crippen molar-refractivity contribution in [3.63, 3.8) is 0 Å². The smallest absolute Gasteiger partial charge is 0.411 e. The highest BCUT2D eigenvalue weighted by molar-refractivity contribution is 5.79. The van der Waals surface area contributed by atoms with Crippen molar-refractivity contribution in [1.82, 2.24) is 4.90 Å². The second-order valence-electron chi connectivity index (χ2n) is 6.63. The van der Waals surface area contributed by atoms with Crippen LogP contribution in [0.2, 0.25) is 0 Å². The van der Waals surface area contributed by atoms with E-state index in [1.54, 1.807) is 33.8 Å². The van der Waals surface area contributed by atoms with E-state index in [4.69, 9.17) is 9.47 Å². The Balaban J connectivity index is 3.40. The van der Waals surface area contributed by atoms with E-state index in [1.807, 2.05) is 0 Å². The van der Waals surface area contributed by atoms with Gasteiger partial charge in [-0.2, -0.15) is 0 Å². The van der Waals surface area contributed by atoms with Crippen LogP contribution in [0.1, 0.15) is 38.8 Å². The number of carbonyl (C=O) groups excluding carboxylic acids is 2. The summed E-state index contributed by atoms with van der Waals surface area (Å²) in [5, 5.41) is 0. The minimum Gasteiger partial charge on any atom is -0.496 e. The van der Waals surface area contributed by atoms with E-state index in [-0.39, 0.29) is 11.3 Å². The molecule has 6 heteroatoms. The van der Waals surface area contributed by atoms with E-state index in [1.165, 1.54) is 27.1 Å². The van der Waals surface area contributed by atoms with Crippen LogP contribution in [0.5, 0.6) is 5.75 Å². The van der Waals surface area contributed by atoms with Crippen molar-refractivity contribution in [2.24, 2.45) is 0 Å². The summed E-state index contributed by atoms with van der Waals surface area (Å²) in [6.45, 7) is 8.30. The zero-order chi connectivity index (χ0) is 18.0. The lowest BCUT2D eigenvalue weighted by Gasteiger charge is -2.36. The van der Waals surface area contributed by atoms with Gasteiger partial charge in [-0.25, -0.2) is 9.18 Å². The predicted molar refractivity (Wildman–Crippen MR) is 85.1 cm³/mol. The van der Waals surface area contributed by atoms with Crippen LogP contribution in [-0.4, -0.2) is 37.0 Å². The minimum absolute atomic E-state index is 0.00559. The van der Waals surface area contributed by atoms with Crippen LogP contribution in [0, 0.1) is 12.7 Å². The van der Waals surface area contributed by atoms with E-state index >= 15 is 0 Å². The molecule has 0 bridgehead atoms. The predicted octanol–water partition coefficient (Wildman–Crippen LogP) is 3.42. The Morgan fingerprint density at radius 2 is 1.83 bits per heavy atom. The molecule has 1 atom stereocenters. The van der Waals surface area contributed by atoms with Crippen LogP contribution in [-0.2, 0) is 15.1 Å². The summed E-state index contributed by atoms with van der Waals surface area (Å²) in [5.74, 6) is -0.417. The highest BCUT2D eigenvalue weighted by Gasteiger charge is 2.41. The summed E-state index contributed by atoms with van der Waals surface area (Å²) in [6, 6.07) is 2.91. The summed E-state index contributed by atoms with van der Waals surface area (Å²) in [5.41, 5.74) is -1.65. The standard InChI is InChI=1S/C17H24FNO4/c1-11-8-12(18)14(13(9-11)22-7)17(5,10-20)19(6)15(21)23-16(2,3)4/h8-10H,1-7H3. The number of nitrogens with zero attached hydrogens (tertiary/aromatic N) is 1. The van der Waals surface area contributed by atoms with Crippen LogP contribution < -0.4 is 4.74 Å². The number of carbonyl (C=O) groups is 2. The monoisotopic (exact) mass is 325 g/mol. The number of benzene rings is 1. The molecular formula is C17H24FNO4. The molecule has 0 saturated heterocycles. The first kappa shape index (κ1) is 18.9. The Morgan fingerprint density at radius 3 is 2.26 bits per heavy atom. The van der Waals surface area contributed by atoms with Gasteiger partial charge in [0, 0.05) is 7.05 Å². The van der Waals surface area contributed by atoms with Crippen molar-refractivity contribution in [1.29, 1.82) is 0 Å². The Bertz CT molecular complexity index is 609. The van der Waals surface area contributed by atoms with Crippen molar-refractivity contribution in [2.75, 3.05) is 14.2 Å². The summed E-state index contributed by atoms with van der Waals surface area (Å²) in [6.07, 6.45) is -0.221. The fraction of sp³-hybridized carbons (Fsp3) is 0.529. The average Bonchev–Trinajstić information content (AvgIpc) is 2.42. The van der Waals surface area contributed by atoms with Gasteiger partial charge in [-0.15, -0.1) is 0 Å².